The number of aliphatic hydroxyl groups excluding tert-OH is 1. The molecule has 0 bridgehead atoms. The van der Waals surface area contributed by atoms with Gasteiger partial charge in [-0.05, 0) is 90.7 Å². The monoisotopic (exact) mass is 472 g/mol. The first-order valence-electron chi connectivity index (χ1n) is 13.1. The number of allylic oxidation sites excluding steroid dienone is 4. The van der Waals surface area contributed by atoms with Gasteiger partial charge in [0.25, 0.3) is 0 Å². The van der Waals surface area contributed by atoms with Gasteiger partial charge in [0, 0.05) is 18.8 Å². The predicted octanol–water partition coefficient (Wildman–Crippen LogP) is 5.56. The number of methoxy groups -OCH3 is 1. The second-order valence-electron chi connectivity index (χ2n) is 10.9. The number of rotatable bonds is 4. The Morgan fingerprint density at radius 1 is 1.17 bits per heavy atom. The van der Waals surface area contributed by atoms with E-state index in [-0.39, 0.29) is 29.5 Å². The number of hydrogen-bond donors (Lipinski definition) is 1. The molecule has 5 atom stereocenters. The third kappa shape index (κ3) is 3.62. The first-order valence-corrected chi connectivity index (χ1v) is 13.1. The Hall–Kier alpha value is -2.64. The number of benzene rings is 1. The van der Waals surface area contributed by atoms with E-state index in [0.29, 0.717) is 24.7 Å². The number of hydrogen-bond acceptors (Lipinski definition) is 4. The lowest BCUT2D eigenvalue weighted by molar-refractivity contribution is -0.132. The van der Waals surface area contributed by atoms with Crippen LogP contribution in [0, 0.1) is 34.5 Å². The van der Waals surface area contributed by atoms with E-state index in [1.165, 1.54) is 22.3 Å². The average molecular weight is 473 g/mol. The van der Waals surface area contributed by atoms with Crippen molar-refractivity contribution in [1.29, 1.82) is 0 Å². The van der Waals surface area contributed by atoms with Crippen LogP contribution in [0.25, 0.3) is 0 Å². The second kappa shape index (κ2) is 9.10. The zero-order chi connectivity index (χ0) is 24.8. The van der Waals surface area contributed by atoms with Gasteiger partial charge in [0.2, 0.25) is 0 Å². The summed E-state index contributed by atoms with van der Waals surface area (Å²) in [4.78, 5) is 25.8. The third-order valence-electron chi connectivity index (χ3n) is 9.63. The summed E-state index contributed by atoms with van der Waals surface area (Å²) in [6, 6.07) is 8.39. The fourth-order valence-corrected chi connectivity index (χ4v) is 8.05. The molecule has 4 aliphatic carbocycles. The molecule has 0 heterocycles. The maximum atomic E-state index is 13.6. The molecule has 0 spiro atoms. The maximum absolute atomic E-state index is 13.6. The summed E-state index contributed by atoms with van der Waals surface area (Å²) in [5.41, 5.74) is 4.42. The van der Waals surface area contributed by atoms with E-state index in [1.54, 1.807) is 7.11 Å². The fraction of sp³-hybridized carbons (Fsp3) is 0.548. The van der Waals surface area contributed by atoms with E-state index in [9.17, 15) is 14.7 Å². The summed E-state index contributed by atoms with van der Waals surface area (Å²) in [6.45, 7) is 4.02. The Labute approximate surface area is 208 Å². The number of fused-ring (bicyclic) bond motifs is 4. The molecule has 0 radical (unpaired) electrons. The molecule has 35 heavy (non-hydrogen) atoms. The molecule has 2 saturated carbocycles. The van der Waals surface area contributed by atoms with Gasteiger partial charge in [0.05, 0.1) is 12.5 Å². The van der Waals surface area contributed by atoms with Crippen LogP contribution < -0.4 is 4.74 Å². The molecule has 5 rings (SSSR count). The van der Waals surface area contributed by atoms with Crippen LogP contribution in [0.2, 0.25) is 0 Å². The largest absolute Gasteiger partial charge is 0.497 e. The van der Waals surface area contributed by atoms with Crippen LogP contribution in [0.5, 0.6) is 5.75 Å². The summed E-state index contributed by atoms with van der Waals surface area (Å²) >= 11 is 0. The first-order chi connectivity index (χ1) is 16.9. The average Bonchev–Trinajstić information content (AvgIpc) is 3.18. The number of carbonyl (C=O) groups is 2. The molecular weight excluding hydrogens is 436 g/mol. The molecule has 0 amide bonds. The fourth-order valence-electron chi connectivity index (χ4n) is 8.05. The molecular formula is C31H36O4. The minimum atomic E-state index is -0.714. The minimum Gasteiger partial charge on any atom is -0.497 e. The van der Waals surface area contributed by atoms with Crippen molar-refractivity contribution in [3.05, 3.63) is 52.6 Å². The lowest BCUT2D eigenvalue weighted by Crippen LogP contribution is -2.50. The normalized spacial score (nSPS) is 33.7. The SMILES string of the molecule is CCC(=O)[C@@]1(C#CCO)CC[C@H]2[C@@H]3CCC4=CC(=O)CCC4=C3[C@@H](c3ccc(OC)cc3)C[C@@]21C. The van der Waals surface area contributed by atoms with Gasteiger partial charge < -0.3 is 9.84 Å². The quantitative estimate of drug-likeness (QED) is 0.583. The van der Waals surface area contributed by atoms with Crippen molar-refractivity contribution in [1.82, 2.24) is 0 Å². The van der Waals surface area contributed by atoms with Crippen molar-refractivity contribution < 1.29 is 19.4 Å². The molecule has 4 heteroatoms. The van der Waals surface area contributed by atoms with Crippen molar-refractivity contribution in [3.63, 3.8) is 0 Å². The Balaban J connectivity index is 1.70. The van der Waals surface area contributed by atoms with Crippen molar-refractivity contribution >= 4 is 11.6 Å². The van der Waals surface area contributed by atoms with Crippen LogP contribution in [0.1, 0.15) is 76.7 Å². The summed E-state index contributed by atoms with van der Waals surface area (Å²) in [5.74, 6) is 8.49. The highest BCUT2D eigenvalue weighted by atomic mass is 16.5. The van der Waals surface area contributed by atoms with Gasteiger partial charge in [-0.25, -0.2) is 0 Å². The molecule has 0 saturated heterocycles. The van der Waals surface area contributed by atoms with Gasteiger partial charge >= 0.3 is 0 Å². The molecule has 0 aliphatic heterocycles. The predicted molar refractivity (Wildman–Crippen MR) is 136 cm³/mol. The second-order valence-corrected chi connectivity index (χ2v) is 10.9. The van der Waals surface area contributed by atoms with Gasteiger partial charge in [-0.1, -0.05) is 43.4 Å². The highest BCUT2D eigenvalue weighted by Crippen LogP contribution is 2.69. The number of aliphatic hydroxyl groups is 1. The van der Waals surface area contributed by atoms with Gasteiger partial charge in [0.1, 0.15) is 12.4 Å². The van der Waals surface area contributed by atoms with Crippen molar-refractivity contribution in [3.8, 4) is 17.6 Å². The molecule has 4 aliphatic rings. The number of ketones is 2. The van der Waals surface area contributed by atoms with Crippen molar-refractivity contribution in [2.24, 2.45) is 22.7 Å². The van der Waals surface area contributed by atoms with Crippen LogP contribution in [0.4, 0.5) is 0 Å². The third-order valence-corrected chi connectivity index (χ3v) is 9.63. The lowest BCUT2D eigenvalue weighted by Gasteiger charge is -2.54. The van der Waals surface area contributed by atoms with Crippen LogP contribution >= 0.6 is 0 Å². The zero-order valence-corrected chi connectivity index (χ0v) is 21.2. The number of carbonyl (C=O) groups excluding carboxylic acids is 2. The topological polar surface area (TPSA) is 63.6 Å². The van der Waals surface area contributed by atoms with E-state index >= 15 is 0 Å². The smallest absolute Gasteiger partial charge is 0.156 e. The zero-order valence-electron chi connectivity index (χ0n) is 21.2. The maximum Gasteiger partial charge on any atom is 0.156 e. The van der Waals surface area contributed by atoms with Gasteiger partial charge in [-0.15, -0.1) is 0 Å². The van der Waals surface area contributed by atoms with Crippen LogP contribution in [0.3, 0.4) is 0 Å². The van der Waals surface area contributed by atoms with Gasteiger partial charge in [0.15, 0.2) is 11.6 Å². The van der Waals surface area contributed by atoms with Crippen molar-refractivity contribution in [2.75, 3.05) is 13.7 Å². The van der Waals surface area contributed by atoms with Gasteiger partial charge in [-0.3, -0.25) is 9.59 Å². The van der Waals surface area contributed by atoms with E-state index in [0.717, 1.165) is 44.3 Å². The molecule has 184 valence electrons. The lowest BCUT2D eigenvalue weighted by atomic mass is 9.48. The first kappa shape index (κ1) is 24.1. The molecule has 1 N–H and O–H groups in total. The highest BCUT2D eigenvalue weighted by Gasteiger charge is 2.65. The molecule has 0 aromatic heterocycles. The van der Waals surface area contributed by atoms with Crippen LogP contribution in [0.15, 0.2) is 47.1 Å². The van der Waals surface area contributed by atoms with E-state index in [1.807, 2.05) is 25.1 Å². The van der Waals surface area contributed by atoms with Crippen LogP contribution in [-0.2, 0) is 9.59 Å². The molecule has 4 nitrogen and oxygen atoms in total. The Morgan fingerprint density at radius 3 is 2.63 bits per heavy atom. The number of ether oxygens (including phenoxy) is 1. The summed E-state index contributed by atoms with van der Waals surface area (Å²) in [7, 11) is 1.68. The molecule has 1 aromatic carbocycles. The number of Topliss-reactive ketones (excluding diaryl/α,β-unsaturated/α-hetero) is 1. The van der Waals surface area contributed by atoms with E-state index < -0.39 is 5.41 Å². The van der Waals surface area contributed by atoms with Crippen molar-refractivity contribution in [2.45, 2.75) is 71.1 Å². The summed E-state index contributed by atoms with van der Waals surface area (Å²) in [6.07, 6.45) is 8.34. The standard InChI is InChI=1S/C31H36O4/c1-4-28(34)31(15-5-17-32)16-14-27-25-12-8-21-18-22(33)9-13-24(21)29(25)26(19-30(27,31)2)20-6-10-23(35-3)11-7-20/h6-7,10-11,18,25-27,32H,4,8-9,12-14,16-17,19H2,1-3H3/t25-,26+,27-,30-,31+/m0/s1. The Kier molecular flexibility index (Phi) is 6.26. The molecule has 2 fully saturated rings. The Morgan fingerprint density at radius 2 is 1.94 bits per heavy atom. The minimum absolute atomic E-state index is 0.178. The van der Waals surface area contributed by atoms with E-state index in [2.05, 4.69) is 30.9 Å². The highest BCUT2D eigenvalue weighted by molar-refractivity contribution is 5.93. The molecule has 1 aromatic rings. The summed E-state index contributed by atoms with van der Waals surface area (Å²) in [5, 5.41) is 9.56. The van der Waals surface area contributed by atoms with Gasteiger partial charge in [-0.2, -0.15) is 0 Å². The Bertz CT molecular complexity index is 1160. The van der Waals surface area contributed by atoms with E-state index in [4.69, 9.17) is 4.74 Å². The summed E-state index contributed by atoms with van der Waals surface area (Å²) < 4.78 is 5.43. The van der Waals surface area contributed by atoms with Crippen LogP contribution in [-0.4, -0.2) is 30.4 Å². The molecule has 0 unspecified atom stereocenters.